The van der Waals surface area contributed by atoms with Crippen LogP contribution in [-0.4, -0.2) is 34.8 Å². The fourth-order valence-electron chi connectivity index (χ4n) is 3.23. The van der Waals surface area contributed by atoms with Crippen molar-refractivity contribution < 1.29 is 9.59 Å². The largest absolute Gasteiger partial charge is 0.339 e. The number of para-hydroxylation sites is 1. The van der Waals surface area contributed by atoms with Crippen LogP contribution in [0.1, 0.15) is 52.1 Å². The minimum Gasteiger partial charge on any atom is -0.339 e. The van der Waals surface area contributed by atoms with Crippen molar-refractivity contribution in [3.63, 3.8) is 0 Å². The molecule has 2 N–H and O–H groups in total. The van der Waals surface area contributed by atoms with Crippen molar-refractivity contribution in [3.8, 4) is 0 Å². The van der Waals surface area contributed by atoms with Crippen LogP contribution in [0, 0.1) is 6.92 Å². The molecule has 2 amide bonds. The van der Waals surface area contributed by atoms with Crippen molar-refractivity contribution >= 4 is 17.5 Å². The summed E-state index contributed by atoms with van der Waals surface area (Å²) in [6.45, 7) is 3.21. The topological polar surface area (TPSA) is 82.3 Å². The Morgan fingerprint density at radius 1 is 1.04 bits per heavy atom. The summed E-state index contributed by atoms with van der Waals surface area (Å²) in [4.78, 5) is 41.5. The Balaban J connectivity index is 1.83. The number of anilines is 1. The van der Waals surface area contributed by atoms with E-state index in [1.54, 1.807) is 37.3 Å². The Kier molecular flexibility index (Phi) is 5.51. The lowest BCUT2D eigenvalue weighted by Crippen LogP contribution is -2.32. The van der Waals surface area contributed by atoms with E-state index in [0.29, 0.717) is 16.9 Å². The first-order valence-electron chi connectivity index (χ1n) is 8.95. The predicted octanol–water partition coefficient (Wildman–Crippen LogP) is 2.95. The van der Waals surface area contributed by atoms with E-state index in [-0.39, 0.29) is 17.0 Å². The van der Waals surface area contributed by atoms with Gasteiger partial charge in [-0.25, -0.2) is 0 Å². The quantitative estimate of drug-likeness (QED) is 0.890. The molecular formula is C20H23N3O3. The predicted molar refractivity (Wildman–Crippen MR) is 101 cm³/mol. The Hall–Kier alpha value is -2.89. The molecule has 6 nitrogen and oxygen atoms in total. The van der Waals surface area contributed by atoms with Gasteiger partial charge in [0, 0.05) is 30.4 Å². The Morgan fingerprint density at radius 2 is 1.73 bits per heavy atom. The molecule has 0 radical (unpaired) electrons. The molecule has 3 rings (SSSR count). The minimum absolute atomic E-state index is 0.0649. The molecule has 1 fully saturated rings. The molecule has 0 aliphatic carbocycles. The lowest BCUT2D eigenvalue weighted by Gasteiger charge is -2.22. The van der Waals surface area contributed by atoms with Crippen LogP contribution in [0.25, 0.3) is 0 Å². The highest BCUT2D eigenvalue weighted by atomic mass is 16.2. The molecule has 6 heteroatoms. The summed E-state index contributed by atoms with van der Waals surface area (Å²) in [6.07, 6.45) is 4.30. The van der Waals surface area contributed by atoms with Gasteiger partial charge in [-0.2, -0.15) is 0 Å². The maximum absolute atomic E-state index is 12.9. The van der Waals surface area contributed by atoms with Gasteiger partial charge in [-0.15, -0.1) is 0 Å². The van der Waals surface area contributed by atoms with E-state index in [0.717, 1.165) is 38.8 Å². The first kappa shape index (κ1) is 17.9. The summed E-state index contributed by atoms with van der Waals surface area (Å²) in [5.74, 6) is -0.472. The highest BCUT2D eigenvalue weighted by molar-refractivity contribution is 6.09. The van der Waals surface area contributed by atoms with E-state index in [9.17, 15) is 14.4 Å². The monoisotopic (exact) mass is 353 g/mol. The zero-order valence-electron chi connectivity index (χ0n) is 14.9. The molecule has 1 aliphatic heterocycles. The molecule has 0 unspecified atom stereocenters. The van der Waals surface area contributed by atoms with E-state index in [4.69, 9.17) is 0 Å². The van der Waals surface area contributed by atoms with Gasteiger partial charge >= 0.3 is 0 Å². The van der Waals surface area contributed by atoms with Crippen LogP contribution in [-0.2, 0) is 0 Å². The number of carbonyl (C=O) groups excluding carboxylic acids is 2. The van der Waals surface area contributed by atoms with Crippen LogP contribution in [0.3, 0.4) is 0 Å². The molecule has 0 spiro atoms. The fourth-order valence-corrected chi connectivity index (χ4v) is 3.23. The van der Waals surface area contributed by atoms with Crippen molar-refractivity contribution in [2.75, 3.05) is 18.4 Å². The van der Waals surface area contributed by atoms with E-state index in [2.05, 4.69) is 10.3 Å². The lowest BCUT2D eigenvalue weighted by atomic mass is 10.1. The molecule has 0 bridgehead atoms. The van der Waals surface area contributed by atoms with E-state index in [1.165, 1.54) is 6.07 Å². The van der Waals surface area contributed by atoms with Gasteiger partial charge in [0.15, 0.2) is 0 Å². The molecule has 2 aromatic rings. The van der Waals surface area contributed by atoms with Gasteiger partial charge in [-0.1, -0.05) is 25.0 Å². The SMILES string of the molecule is Cc1cc(C(=O)Nc2ccccc2C(=O)N2CCCCCC2)cc(=O)[nH]1. The van der Waals surface area contributed by atoms with Crippen LogP contribution in [0.2, 0.25) is 0 Å². The highest BCUT2D eigenvalue weighted by Crippen LogP contribution is 2.20. The molecule has 1 aromatic carbocycles. The molecule has 26 heavy (non-hydrogen) atoms. The minimum atomic E-state index is -0.407. The molecule has 2 heterocycles. The van der Waals surface area contributed by atoms with Gasteiger partial charge in [0.05, 0.1) is 11.3 Å². The standard InChI is InChI=1S/C20H23N3O3/c1-14-12-15(13-18(24)21-14)19(25)22-17-9-5-4-8-16(17)20(26)23-10-6-2-3-7-11-23/h4-5,8-9,12-13H,2-3,6-7,10-11H2,1H3,(H,21,24)(H,22,25). The zero-order chi connectivity index (χ0) is 18.5. The van der Waals surface area contributed by atoms with Gasteiger partial charge < -0.3 is 15.2 Å². The third kappa shape index (κ3) is 4.20. The first-order chi connectivity index (χ1) is 12.5. The number of aryl methyl sites for hydroxylation is 1. The van der Waals surface area contributed by atoms with Crippen molar-refractivity contribution in [2.24, 2.45) is 0 Å². The number of hydrogen-bond donors (Lipinski definition) is 2. The molecule has 1 aromatic heterocycles. The zero-order valence-corrected chi connectivity index (χ0v) is 14.9. The maximum Gasteiger partial charge on any atom is 0.255 e. The lowest BCUT2D eigenvalue weighted by molar-refractivity contribution is 0.0762. The van der Waals surface area contributed by atoms with Crippen LogP contribution in [0.15, 0.2) is 41.2 Å². The number of pyridine rings is 1. The van der Waals surface area contributed by atoms with Crippen molar-refractivity contribution in [1.29, 1.82) is 0 Å². The third-order valence-corrected chi connectivity index (χ3v) is 4.54. The van der Waals surface area contributed by atoms with Gasteiger partial charge in [0.1, 0.15) is 0 Å². The van der Waals surface area contributed by atoms with Crippen molar-refractivity contribution in [2.45, 2.75) is 32.6 Å². The van der Waals surface area contributed by atoms with Crippen LogP contribution < -0.4 is 10.9 Å². The Bertz CT molecular complexity index is 865. The Morgan fingerprint density at radius 3 is 2.42 bits per heavy atom. The van der Waals surface area contributed by atoms with E-state index in [1.807, 2.05) is 4.90 Å². The normalized spacial score (nSPS) is 14.6. The van der Waals surface area contributed by atoms with Crippen LogP contribution in [0.4, 0.5) is 5.69 Å². The average Bonchev–Trinajstić information content (AvgIpc) is 2.90. The summed E-state index contributed by atoms with van der Waals surface area (Å²) < 4.78 is 0. The smallest absolute Gasteiger partial charge is 0.255 e. The number of aromatic nitrogens is 1. The van der Waals surface area contributed by atoms with E-state index < -0.39 is 5.91 Å². The number of amides is 2. The summed E-state index contributed by atoms with van der Waals surface area (Å²) in [6, 6.07) is 9.86. The molecule has 0 saturated carbocycles. The number of H-pyrrole nitrogens is 1. The molecular weight excluding hydrogens is 330 g/mol. The molecule has 1 aliphatic rings. The number of nitrogens with one attached hydrogen (secondary N) is 2. The fraction of sp³-hybridized carbons (Fsp3) is 0.350. The number of rotatable bonds is 3. The van der Waals surface area contributed by atoms with Crippen LogP contribution >= 0.6 is 0 Å². The second kappa shape index (κ2) is 7.99. The highest BCUT2D eigenvalue weighted by Gasteiger charge is 2.21. The summed E-state index contributed by atoms with van der Waals surface area (Å²) >= 11 is 0. The summed E-state index contributed by atoms with van der Waals surface area (Å²) in [5.41, 5.74) is 1.48. The molecule has 0 atom stereocenters. The Labute approximate surface area is 152 Å². The summed E-state index contributed by atoms with van der Waals surface area (Å²) in [7, 11) is 0. The summed E-state index contributed by atoms with van der Waals surface area (Å²) in [5, 5.41) is 2.78. The molecule has 1 saturated heterocycles. The van der Waals surface area contributed by atoms with Gasteiger partial charge in [-0.05, 0) is 38.0 Å². The molecule has 136 valence electrons. The third-order valence-electron chi connectivity index (χ3n) is 4.54. The van der Waals surface area contributed by atoms with Gasteiger partial charge in [0.25, 0.3) is 11.8 Å². The second-order valence-electron chi connectivity index (χ2n) is 6.62. The number of carbonyl (C=O) groups is 2. The van der Waals surface area contributed by atoms with Crippen molar-refractivity contribution in [3.05, 3.63) is 63.6 Å². The maximum atomic E-state index is 12.9. The number of benzene rings is 1. The van der Waals surface area contributed by atoms with Crippen molar-refractivity contribution in [1.82, 2.24) is 9.88 Å². The van der Waals surface area contributed by atoms with E-state index >= 15 is 0 Å². The van der Waals surface area contributed by atoms with Crippen LogP contribution in [0.5, 0.6) is 0 Å². The number of likely N-dealkylation sites (tertiary alicyclic amines) is 1. The van der Waals surface area contributed by atoms with Gasteiger partial charge in [0.2, 0.25) is 5.56 Å². The first-order valence-corrected chi connectivity index (χ1v) is 8.95. The number of nitrogens with zero attached hydrogens (tertiary/aromatic N) is 1. The average molecular weight is 353 g/mol. The van der Waals surface area contributed by atoms with Gasteiger partial charge in [-0.3, -0.25) is 14.4 Å². The second-order valence-corrected chi connectivity index (χ2v) is 6.62. The number of aromatic amines is 1. The number of hydrogen-bond acceptors (Lipinski definition) is 3.